The van der Waals surface area contributed by atoms with Crippen LogP contribution < -0.4 is 10.2 Å². The van der Waals surface area contributed by atoms with Crippen molar-refractivity contribution in [1.29, 1.82) is 0 Å². The SMILES string of the molecule is Cc1ccc2c(c1)C(C)(C)C(=O)N2CC(=O)NCCCC(=O)O. The number of benzene rings is 1. The molecule has 6 nitrogen and oxygen atoms in total. The third-order valence-electron chi connectivity index (χ3n) is 4.09. The van der Waals surface area contributed by atoms with Crippen LogP contribution in [0.15, 0.2) is 18.2 Å². The van der Waals surface area contributed by atoms with Gasteiger partial charge in [-0.2, -0.15) is 0 Å². The smallest absolute Gasteiger partial charge is 0.303 e. The maximum absolute atomic E-state index is 12.6. The standard InChI is InChI=1S/C17H22N2O4/c1-11-6-7-13-12(9-11)17(2,3)16(23)19(13)10-14(20)18-8-4-5-15(21)22/h6-7,9H,4-5,8,10H2,1-3H3,(H,18,20)(H,21,22). The van der Waals surface area contributed by atoms with E-state index in [1.54, 1.807) is 0 Å². The van der Waals surface area contributed by atoms with Gasteiger partial charge >= 0.3 is 5.97 Å². The Labute approximate surface area is 135 Å². The molecule has 0 atom stereocenters. The summed E-state index contributed by atoms with van der Waals surface area (Å²) in [5, 5.41) is 11.2. The van der Waals surface area contributed by atoms with E-state index in [2.05, 4.69) is 5.32 Å². The Morgan fingerprint density at radius 3 is 2.65 bits per heavy atom. The average molecular weight is 318 g/mol. The van der Waals surface area contributed by atoms with Crippen molar-refractivity contribution in [2.45, 2.75) is 39.0 Å². The van der Waals surface area contributed by atoms with Crippen LogP contribution in [0.4, 0.5) is 5.69 Å². The number of hydrogen-bond donors (Lipinski definition) is 2. The Hall–Kier alpha value is -2.37. The van der Waals surface area contributed by atoms with E-state index in [1.807, 2.05) is 39.0 Å². The lowest BCUT2D eigenvalue weighted by Crippen LogP contribution is -2.43. The van der Waals surface area contributed by atoms with Crippen molar-refractivity contribution >= 4 is 23.5 Å². The molecule has 2 rings (SSSR count). The number of carbonyl (C=O) groups is 3. The Kier molecular flexibility index (Phi) is 4.73. The average Bonchev–Trinajstić information content (AvgIpc) is 2.65. The molecule has 0 saturated heterocycles. The summed E-state index contributed by atoms with van der Waals surface area (Å²) in [6.45, 7) is 5.93. The zero-order valence-corrected chi connectivity index (χ0v) is 13.7. The quantitative estimate of drug-likeness (QED) is 0.780. The summed E-state index contributed by atoms with van der Waals surface area (Å²) < 4.78 is 0. The molecule has 0 saturated carbocycles. The fourth-order valence-electron chi connectivity index (χ4n) is 2.77. The van der Waals surface area contributed by atoms with Gasteiger partial charge in [-0.15, -0.1) is 0 Å². The normalized spacial score (nSPS) is 15.4. The van der Waals surface area contributed by atoms with Crippen LogP contribution in [0.3, 0.4) is 0 Å². The second kappa shape index (κ2) is 6.40. The first-order valence-corrected chi connectivity index (χ1v) is 7.65. The third kappa shape index (κ3) is 3.52. The maximum atomic E-state index is 12.6. The van der Waals surface area contributed by atoms with E-state index in [0.717, 1.165) is 16.8 Å². The van der Waals surface area contributed by atoms with Gasteiger partial charge in [0.2, 0.25) is 11.8 Å². The number of hydrogen-bond acceptors (Lipinski definition) is 3. The Morgan fingerprint density at radius 2 is 2.00 bits per heavy atom. The van der Waals surface area contributed by atoms with Crippen LogP contribution in [0.5, 0.6) is 0 Å². The number of fused-ring (bicyclic) bond motifs is 1. The largest absolute Gasteiger partial charge is 0.481 e. The van der Waals surface area contributed by atoms with Crippen LogP contribution in [0.1, 0.15) is 37.8 Å². The number of aryl methyl sites for hydroxylation is 1. The molecule has 2 N–H and O–H groups in total. The van der Waals surface area contributed by atoms with Crippen LogP contribution in [0.25, 0.3) is 0 Å². The van der Waals surface area contributed by atoms with E-state index in [9.17, 15) is 14.4 Å². The molecule has 0 spiro atoms. The Balaban J connectivity index is 2.05. The van der Waals surface area contributed by atoms with E-state index in [0.29, 0.717) is 6.42 Å². The summed E-state index contributed by atoms with van der Waals surface area (Å²) in [7, 11) is 0. The molecule has 2 amide bonds. The number of carbonyl (C=O) groups excluding carboxylic acids is 2. The molecule has 1 aliphatic heterocycles. The lowest BCUT2D eigenvalue weighted by Gasteiger charge is -2.20. The monoisotopic (exact) mass is 318 g/mol. The molecule has 23 heavy (non-hydrogen) atoms. The molecule has 6 heteroatoms. The maximum Gasteiger partial charge on any atom is 0.303 e. The van der Waals surface area contributed by atoms with Gasteiger partial charge < -0.3 is 15.3 Å². The molecule has 0 fully saturated rings. The first-order valence-electron chi connectivity index (χ1n) is 7.65. The number of carboxylic acids is 1. The number of nitrogens with one attached hydrogen (secondary N) is 1. The van der Waals surface area contributed by atoms with E-state index in [4.69, 9.17) is 5.11 Å². The van der Waals surface area contributed by atoms with Gasteiger partial charge in [0.15, 0.2) is 0 Å². The minimum atomic E-state index is -0.889. The van der Waals surface area contributed by atoms with E-state index < -0.39 is 11.4 Å². The number of nitrogens with zero attached hydrogens (tertiary/aromatic N) is 1. The van der Waals surface area contributed by atoms with Crippen LogP contribution in [-0.4, -0.2) is 36.0 Å². The van der Waals surface area contributed by atoms with Crippen molar-refractivity contribution in [2.24, 2.45) is 0 Å². The number of anilines is 1. The first-order chi connectivity index (χ1) is 10.7. The van der Waals surface area contributed by atoms with E-state index in [1.165, 1.54) is 4.90 Å². The van der Waals surface area contributed by atoms with Crippen LogP contribution in [0, 0.1) is 6.92 Å². The molecule has 0 aromatic heterocycles. The van der Waals surface area contributed by atoms with Gasteiger partial charge in [0.1, 0.15) is 6.54 Å². The van der Waals surface area contributed by atoms with Crippen molar-refractivity contribution in [3.8, 4) is 0 Å². The van der Waals surface area contributed by atoms with Gasteiger partial charge in [0.05, 0.1) is 5.41 Å². The molecule has 0 bridgehead atoms. The highest BCUT2D eigenvalue weighted by molar-refractivity contribution is 6.10. The summed E-state index contributed by atoms with van der Waals surface area (Å²) in [5.74, 6) is -1.27. The van der Waals surface area contributed by atoms with E-state index >= 15 is 0 Å². The lowest BCUT2D eigenvalue weighted by molar-refractivity contribution is -0.137. The van der Waals surface area contributed by atoms with Crippen LogP contribution >= 0.6 is 0 Å². The minimum absolute atomic E-state index is 0.0120. The fourth-order valence-corrected chi connectivity index (χ4v) is 2.77. The predicted octanol–water partition coefficient (Wildman–Crippen LogP) is 1.60. The number of rotatable bonds is 6. The summed E-state index contributed by atoms with van der Waals surface area (Å²) in [6.07, 6.45) is 0.383. The summed E-state index contributed by atoms with van der Waals surface area (Å²) >= 11 is 0. The van der Waals surface area contributed by atoms with Gasteiger partial charge in [-0.25, -0.2) is 0 Å². The predicted molar refractivity (Wildman–Crippen MR) is 86.4 cm³/mol. The van der Waals surface area contributed by atoms with Crippen molar-refractivity contribution in [2.75, 3.05) is 18.0 Å². The molecular formula is C17H22N2O4. The lowest BCUT2D eigenvalue weighted by atomic mass is 9.85. The Morgan fingerprint density at radius 1 is 1.30 bits per heavy atom. The molecule has 0 aliphatic carbocycles. The highest BCUT2D eigenvalue weighted by atomic mass is 16.4. The number of amides is 2. The van der Waals surface area contributed by atoms with Gasteiger partial charge in [-0.3, -0.25) is 14.4 Å². The molecule has 0 unspecified atom stereocenters. The van der Waals surface area contributed by atoms with Crippen molar-refractivity contribution < 1.29 is 19.5 Å². The van der Waals surface area contributed by atoms with Crippen LogP contribution in [-0.2, 0) is 19.8 Å². The van der Waals surface area contributed by atoms with Crippen molar-refractivity contribution in [3.63, 3.8) is 0 Å². The zero-order chi connectivity index (χ0) is 17.2. The highest BCUT2D eigenvalue weighted by Gasteiger charge is 2.44. The molecule has 0 radical (unpaired) electrons. The third-order valence-corrected chi connectivity index (χ3v) is 4.09. The van der Waals surface area contributed by atoms with Crippen molar-refractivity contribution in [1.82, 2.24) is 5.32 Å². The highest BCUT2D eigenvalue weighted by Crippen LogP contribution is 2.41. The summed E-state index contributed by atoms with van der Waals surface area (Å²) in [6, 6.07) is 5.78. The molecule has 124 valence electrons. The number of carboxylic acid groups (broad SMARTS) is 1. The molecule has 1 aliphatic rings. The minimum Gasteiger partial charge on any atom is -0.481 e. The molecule has 1 aromatic carbocycles. The second-order valence-electron chi connectivity index (χ2n) is 6.38. The second-order valence-corrected chi connectivity index (χ2v) is 6.38. The van der Waals surface area contributed by atoms with Gasteiger partial charge in [-0.1, -0.05) is 17.7 Å². The summed E-state index contributed by atoms with van der Waals surface area (Å²) in [5.41, 5.74) is 2.13. The fraction of sp³-hybridized carbons (Fsp3) is 0.471. The summed E-state index contributed by atoms with van der Waals surface area (Å²) in [4.78, 5) is 36.6. The van der Waals surface area contributed by atoms with E-state index in [-0.39, 0.29) is 31.3 Å². The van der Waals surface area contributed by atoms with Gasteiger partial charge in [0, 0.05) is 18.7 Å². The molecule has 1 aromatic rings. The molecule has 1 heterocycles. The van der Waals surface area contributed by atoms with Crippen molar-refractivity contribution in [3.05, 3.63) is 29.3 Å². The zero-order valence-electron chi connectivity index (χ0n) is 13.7. The first kappa shape index (κ1) is 17.0. The van der Waals surface area contributed by atoms with Gasteiger partial charge in [-0.05, 0) is 38.8 Å². The van der Waals surface area contributed by atoms with Crippen LogP contribution in [0.2, 0.25) is 0 Å². The topological polar surface area (TPSA) is 86.7 Å². The van der Waals surface area contributed by atoms with Gasteiger partial charge in [0.25, 0.3) is 0 Å². The number of aliphatic carboxylic acids is 1. The molecular weight excluding hydrogens is 296 g/mol. The Bertz CT molecular complexity index is 652.